The summed E-state index contributed by atoms with van der Waals surface area (Å²) in [5.74, 6) is -2.20. The molecule has 1 atom stereocenters. The summed E-state index contributed by atoms with van der Waals surface area (Å²) >= 11 is 0. The predicted molar refractivity (Wildman–Crippen MR) is 81.6 cm³/mol. The molecule has 0 radical (unpaired) electrons. The molecular formula is C14H20FN3O5. The molecule has 1 aromatic rings. The highest BCUT2D eigenvalue weighted by atomic mass is 19.1. The zero-order valence-electron chi connectivity index (χ0n) is 13.3. The lowest BCUT2D eigenvalue weighted by Gasteiger charge is -2.21. The minimum Gasteiger partial charge on any atom is -0.492 e. The first kappa shape index (κ1) is 18.5. The van der Waals surface area contributed by atoms with Gasteiger partial charge in [-0.1, -0.05) is 0 Å². The van der Waals surface area contributed by atoms with Gasteiger partial charge in [0, 0.05) is 24.6 Å². The van der Waals surface area contributed by atoms with Crippen molar-refractivity contribution in [3.05, 3.63) is 16.9 Å². The van der Waals surface area contributed by atoms with Gasteiger partial charge in [-0.15, -0.1) is 0 Å². The molecule has 0 aliphatic carbocycles. The number of hydrogen-bond donors (Lipinski definition) is 4. The first-order chi connectivity index (χ1) is 10.8. The van der Waals surface area contributed by atoms with Crippen LogP contribution >= 0.6 is 0 Å². The van der Waals surface area contributed by atoms with Gasteiger partial charge in [0.1, 0.15) is 6.04 Å². The smallest absolute Gasteiger partial charge is 0.320 e. The van der Waals surface area contributed by atoms with Crippen LogP contribution in [0.4, 0.5) is 14.9 Å². The second-order valence-electron chi connectivity index (χ2n) is 4.71. The van der Waals surface area contributed by atoms with Crippen molar-refractivity contribution in [2.24, 2.45) is 5.73 Å². The highest BCUT2D eigenvalue weighted by molar-refractivity contribution is 5.92. The zero-order valence-corrected chi connectivity index (χ0v) is 13.3. The molecule has 0 bridgehead atoms. The topological polar surface area (TPSA) is 123 Å². The lowest BCUT2D eigenvalue weighted by Crippen LogP contribution is -2.33. The maximum Gasteiger partial charge on any atom is 0.320 e. The normalized spacial score (nSPS) is 11.6. The van der Waals surface area contributed by atoms with Crippen molar-refractivity contribution in [3.63, 3.8) is 0 Å². The van der Waals surface area contributed by atoms with Gasteiger partial charge in [0.05, 0.1) is 19.9 Å². The summed E-state index contributed by atoms with van der Waals surface area (Å²) in [6.07, 6.45) is -0.332. The Kier molecular flexibility index (Phi) is 6.14. The van der Waals surface area contributed by atoms with Crippen LogP contribution in [0, 0.1) is 12.7 Å². The fourth-order valence-corrected chi connectivity index (χ4v) is 2.13. The number of halogens is 1. The van der Waals surface area contributed by atoms with E-state index in [4.69, 9.17) is 20.3 Å². The number of amides is 2. The molecule has 2 amide bonds. The molecule has 23 heavy (non-hydrogen) atoms. The summed E-state index contributed by atoms with van der Waals surface area (Å²) in [4.78, 5) is 22.6. The van der Waals surface area contributed by atoms with E-state index in [1.165, 1.54) is 21.3 Å². The largest absolute Gasteiger partial charge is 0.492 e. The van der Waals surface area contributed by atoms with Crippen LogP contribution in [-0.2, 0) is 11.2 Å². The molecule has 0 heterocycles. The third-order valence-electron chi connectivity index (χ3n) is 3.30. The van der Waals surface area contributed by atoms with Crippen molar-refractivity contribution in [3.8, 4) is 11.5 Å². The number of urea groups is 1. The monoisotopic (exact) mass is 329 g/mol. The van der Waals surface area contributed by atoms with Crippen LogP contribution in [0.2, 0.25) is 0 Å². The molecule has 1 aromatic carbocycles. The Morgan fingerprint density at radius 3 is 2.30 bits per heavy atom. The van der Waals surface area contributed by atoms with E-state index in [0.29, 0.717) is 5.56 Å². The van der Waals surface area contributed by atoms with E-state index in [2.05, 4.69) is 10.6 Å². The Balaban J connectivity index is 3.57. The average molecular weight is 329 g/mol. The highest BCUT2D eigenvalue weighted by Crippen LogP contribution is 2.41. The molecule has 0 aromatic heterocycles. The van der Waals surface area contributed by atoms with Crippen LogP contribution in [0.1, 0.15) is 11.1 Å². The molecule has 1 rings (SSSR count). The fourth-order valence-electron chi connectivity index (χ4n) is 2.13. The number of carboxylic acid groups (broad SMARTS) is 1. The number of aliphatic carboxylic acids is 1. The Hall–Kier alpha value is -2.55. The van der Waals surface area contributed by atoms with Crippen molar-refractivity contribution in [1.82, 2.24) is 5.32 Å². The average Bonchev–Trinajstić information content (AvgIpc) is 2.52. The number of carbonyl (C=O) groups is 2. The maximum atomic E-state index is 14.7. The molecule has 0 saturated carbocycles. The molecule has 0 aliphatic rings. The lowest BCUT2D eigenvalue weighted by atomic mass is 9.98. The van der Waals surface area contributed by atoms with Crippen LogP contribution in [0.3, 0.4) is 0 Å². The van der Waals surface area contributed by atoms with Crippen molar-refractivity contribution in [2.45, 2.75) is 19.4 Å². The second-order valence-corrected chi connectivity index (χ2v) is 4.71. The van der Waals surface area contributed by atoms with E-state index in [-0.39, 0.29) is 29.2 Å². The molecule has 128 valence electrons. The molecule has 0 aliphatic heterocycles. The zero-order chi connectivity index (χ0) is 17.7. The molecule has 8 nitrogen and oxygen atoms in total. The van der Waals surface area contributed by atoms with E-state index in [1.54, 1.807) is 6.92 Å². The van der Waals surface area contributed by atoms with Crippen molar-refractivity contribution in [1.29, 1.82) is 0 Å². The number of rotatable bonds is 6. The molecule has 1 unspecified atom stereocenters. The van der Waals surface area contributed by atoms with Crippen LogP contribution in [0.15, 0.2) is 0 Å². The van der Waals surface area contributed by atoms with E-state index >= 15 is 0 Å². The van der Waals surface area contributed by atoms with E-state index in [1.807, 2.05) is 0 Å². The van der Waals surface area contributed by atoms with Gasteiger partial charge in [-0.3, -0.25) is 4.79 Å². The number of nitrogens with one attached hydrogen (secondary N) is 2. The Bertz CT molecular complexity index is 621. The molecule has 0 fully saturated rings. The second kappa shape index (κ2) is 7.63. The number of benzene rings is 1. The van der Waals surface area contributed by atoms with Gasteiger partial charge < -0.3 is 30.9 Å². The summed E-state index contributed by atoms with van der Waals surface area (Å²) in [5.41, 5.74) is 5.91. The fraction of sp³-hybridized carbons (Fsp3) is 0.429. The molecular weight excluding hydrogens is 309 g/mol. The highest BCUT2D eigenvalue weighted by Gasteiger charge is 2.27. The third-order valence-corrected chi connectivity index (χ3v) is 3.30. The van der Waals surface area contributed by atoms with Crippen LogP contribution in [0.5, 0.6) is 11.5 Å². The molecule has 0 saturated heterocycles. The SMILES string of the molecule is CNC(=O)Nc1c(C)c(OC)c(OC)c(F)c1CC(N)C(=O)O. The molecule has 9 heteroatoms. The van der Waals surface area contributed by atoms with Crippen LogP contribution in [0.25, 0.3) is 0 Å². The number of methoxy groups -OCH3 is 2. The van der Waals surface area contributed by atoms with Crippen molar-refractivity contribution in [2.75, 3.05) is 26.6 Å². The van der Waals surface area contributed by atoms with Crippen molar-refractivity contribution < 1.29 is 28.6 Å². The Labute approximate surface area is 132 Å². The minimum atomic E-state index is -1.34. The quantitative estimate of drug-likeness (QED) is 0.614. The number of carboxylic acids is 1. The van der Waals surface area contributed by atoms with Gasteiger partial charge in [-0.2, -0.15) is 0 Å². The number of nitrogens with two attached hydrogens (primary N) is 1. The summed E-state index contributed by atoms with van der Waals surface area (Å²) in [6, 6.07) is -1.93. The van der Waals surface area contributed by atoms with Crippen LogP contribution < -0.4 is 25.8 Å². The summed E-state index contributed by atoms with van der Waals surface area (Å²) in [7, 11) is 3.98. The Morgan fingerprint density at radius 1 is 1.30 bits per heavy atom. The third kappa shape index (κ3) is 3.81. The number of hydrogen-bond acceptors (Lipinski definition) is 5. The van der Waals surface area contributed by atoms with E-state index < -0.39 is 23.9 Å². The predicted octanol–water partition coefficient (Wildman–Crippen LogP) is 0.857. The summed E-state index contributed by atoms with van der Waals surface area (Å²) in [5, 5.41) is 13.7. The number of ether oxygens (including phenoxy) is 2. The Morgan fingerprint density at radius 2 is 1.87 bits per heavy atom. The van der Waals surface area contributed by atoms with Gasteiger partial charge in [0.2, 0.25) is 0 Å². The lowest BCUT2D eigenvalue weighted by molar-refractivity contribution is -0.138. The minimum absolute atomic E-state index is 0.0707. The first-order valence-corrected chi connectivity index (χ1v) is 6.68. The number of carbonyl (C=O) groups excluding carboxylic acids is 1. The number of anilines is 1. The maximum absolute atomic E-state index is 14.7. The van der Waals surface area contributed by atoms with Crippen molar-refractivity contribution >= 4 is 17.7 Å². The molecule has 5 N–H and O–H groups in total. The van der Waals surface area contributed by atoms with Gasteiger partial charge in [-0.25, -0.2) is 9.18 Å². The van der Waals surface area contributed by atoms with E-state index in [9.17, 15) is 14.0 Å². The molecule has 0 spiro atoms. The summed E-state index contributed by atoms with van der Waals surface area (Å²) < 4.78 is 24.8. The first-order valence-electron chi connectivity index (χ1n) is 6.68. The van der Waals surface area contributed by atoms with Crippen LogP contribution in [-0.4, -0.2) is 44.4 Å². The van der Waals surface area contributed by atoms with Gasteiger partial charge in [-0.05, 0) is 6.92 Å². The van der Waals surface area contributed by atoms with Gasteiger partial charge in [0.15, 0.2) is 17.3 Å². The standard InChI is InChI=1S/C14H20FN3O5/c1-6-10(18-14(21)17-2)7(5-8(16)13(19)20)9(15)12(23-4)11(6)22-3/h8H,5,16H2,1-4H3,(H,19,20)(H2,17,18,21). The van der Waals surface area contributed by atoms with Gasteiger partial charge >= 0.3 is 12.0 Å². The van der Waals surface area contributed by atoms with E-state index in [0.717, 1.165) is 0 Å². The summed E-state index contributed by atoms with van der Waals surface area (Å²) in [6.45, 7) is 1.59. The van der Waals surface area contributed by atoms with Gasteiger partial charge in [0.25, 0.3) is 0 Å².